The molecule has 0 aromatic heterocycles. The highest BCUT2D eigenvalue weighted by atomic mass is 28.4. The first-order chi connectivity index (χ1) is 6.73. The lowest BCUT2D eigenvalue weighted by Crippen LogP contribution is -2.46. The Labute approximate surface area is 87.2 Å². The van der Waals surface area contributed by atoms with E-state index in [1.165, 1.54) is 0 Å². The van der Waals surface area contributed by atoms with Gasteiger partial charge in [0.15, 0.2) is 0 Å². The molecule has 0 saturated carbocycles. The van der Waals surface area contributed by atoms with Crippen molar-refractivity contribution >= 4 is 13.5 Å². The van der Waals surface area contributed by atoms with Gasteiger partial charge in [-0.3, -0.25) is 0 Å². The summed E-state index contributed by atoms with van der Waals surface area (Å²) in [5, 5.41) is 1.07. The summed E-state index contributed by atoms with van der Waals surface area (Å²) in [6.45, 7) is 5.92. The van der Waals surface area contributed by atoms with E-state index in [2.05, 4.69) is 13.5 Å². The first-order valence-corrected chi connectivity index (χ1v) is 7.37. The molecule has 1 aromatic carbocycles. The summed E-state index contributed by atoms with van der Waals surface area (Å²) < 4.78 is 0. The fourth-order valence-corrected chi connectivity index (χ4v) is 3.93. The summed E-state index contributed by atoms with van der Waals surface area (Å²) in [6, 6.07) is 10.8. The maximum atomic E-state index is 10.4. The fraction of sp³-hybridized carbons (Fsp3) is 0.333. The van der Waals surface area contributed by atoms with Crippen LogP contribution in [0.15, 0.2) is 42.6 Å². The Balaban J connectivity index is 2.84. The minimum absolute atomic E-state index is 0.886. The van der Waals surface area contributed by atoms with Gasteiger partial charge >= 0.3 is 0 Å². The Morgan fingerprint density at radius 1 is 1.36 bits per heavy atom. The molecule has 0 spiro atoms. The van der Waals surface area contributed by atoms with Crippen molar-refractivity contribution in [3.63, 3.8) is 0 Å². The number of hydrogen-bond acceptors (Lipinski definition) is 1. The van der Waals surface area contributed by atoms with Gasteiger partial charge in [0.05, 0.1) is 0 Å². The van der Waals surface area contributed by atoms with Gasteiger partial charge in [0.25, 0.3) is 0 Å². The van der Waals surface area contributed by atoms with Crippen LogP contribution < -0.4 is 5.19 Å². The molecular formula is C12H18OSi. The Hall–Kier alpha value is -0.863. The number of rotatable bonds is 5. The van der Waals surface area contributed by atoms with Crippen molar-refractivity contribution in [2.45, 2.75) is 25.8 Å². The molecule has 1 rings (SSSR count). The molecule has 0 aliphatic rings. The van der Waals surface area contributed by atoms with E-state index in [-0.39, 0.29) is 0 Å². The van der Waals surface area contributed by atoms with Crippen molar-refractivity contribution < 1.29 is 4.80 Å². The maximum absolute atomic E-state index is 10.4. The lowest BCUT2D eigenvalue weighted by molar-refractivity contribution is 0.558. The Bertz CT molecular complexity index is 284. The molecule has 0 radical (unpaired) electrons. The van der Waals surface area contributed by atoms with Gasteiger partial charge in [-0.25, -0.2) is 0 Å². The SMILES string of the molecule is C=C[Si](O)(CCCC)c1ccccc1. The molecule has 0 bridgehead atoms. The van der Waals surface area contributed by atoms with Crippen LogP contribution in [0.3, 0.4) is 0 Å². The third-order valence-corrected chi connectivity index (χ3v) is 5.65. The van der Waals surface area contributed by atoms with Crippen LogP contribution in [0.1, 0.15) is 19.8 Å². The van der Waals surface area contributed by atoms with E-state index in [0.29, 0.717) is 0 Å². The number of unbranched alkanes of at least 4 members (excludes halogenated alkanes) is 1. The van der Waals surface area contributed by atoms with E-state index in [1.807, 2.05) is 30.3 Å². The van der Waals surface area contributed by atoms with E-state index in [0.717, 1.165) is 24.1 Å². The molecule has 14 heavy (non-hydrogen) atoms. The number of benzene rings is 1. The first kappa shape index (κ1) is 11.2. The van der Waals surface area contributed by atoms with Crippen LogP contribution in [0.4, 0.5) is 0 Å². The largest absolute Gasteiger partial charge is 0.424 e. The second kappa shape index (κ2) is 5.13. The van der Waals surface area contributed by atoms with Crippen LogP contribution >= 0.6 is 0 Å². The van der Waals surface area contributed by atoms with Crippen LogP contribution in [-0.2, 0) is 0 Å². The molecular weight excluding hydrogens is 188 g/mol. The molecule has 76 valence electrons. The van der Waals surface area contributed by atoms with E-state index < -0.39 is 8.32 Å². The van der Waals surface area contributed by atoms with Crippen LogP contribution in [0, 0.1) is 0 Å². The lowest BCUT2D eigenvalue weighted by Gasteiger charge is -2.21. The first-order valence-electron chi connectivity index (χ1n) is 5.14. The summed E-state index contributed by atoms with van der Waals surface area (Å²) in [4.78, 5) is 10.4. The average Bonchev–Trinajstić information content (AvgIpc) is 2.27. The molecule has 0 heterocycles. The van der Waals surface area contributed by atoms with Gasteiger partial charge in [0.1, 0.15) is 0 Å². The second-order valence-corrected chi connectivity index (χ2v) is 6.93. The predicted molar refractivity (Wildman–Crippen MR) is 64.0 cm³/mol. The van der Waals surface area contributed by atoms with Gasteiger partial charge in [-0.15, -0.1) is 6.58 Å². The molecule has 1 atom stereocenters. The molecule has 0 saturated heterocycles. The van der Waals surface area contributed by atoms with Gasteiger partial charge in [-0.2, -0.15) is 0 Å². The summed E-state index contributed by atoms with van der Waals surface area (Å²) in [5.41, 5.74) is 1.78. The normalized spacial score (nSPS) is 14.7. The molecule has 0 aliphatic carbocycles. The summed E-state index contributed by atoms with van der Waals surface area (Å²) in [6.07, 6.45) is 2.19. The Morgan fingerprint density at radius 2 is 2.00 bits per heavy atom. The van der Waals surface area contributed by atoms with Gasteiger partial charge in [-0.1, -0.05) is 55.8 Å². The highest BCUT2D eigenvalue weighted by molar-refractivity contribution is 6.89. The topological polar surface area (TPSA) is 20.2 Å². The Morgan fingerprint density at radius 3 is 2.50 bits per heavy atom. The third-order valence-electron chi connectivity index (χ3n) is 2.52. The van der Waals surface area contributed by atoms with Gasteiger partial charge in [0.2, 0.25) is 8.32 Å². The van der Waals surface area contributed by atoms with E-state index in [4.69, 9.17) is 0 Å². The number of hydrogen-bond donors (Lipinski definition) is 1. The molecule has 1 aromatic rings. The van der Waals surface area contributed by atoms with Crippen molar-refractivity contribution in [1.82, 2.24) is 0 Å². The monoisotopic (exact) mass is 206 g/mol. The molecule has 1 unspecified atom stereocenters. The van der Waals surface area contributed by atoms with Crippen LogP contribution in [-0.4, -0.2) is 13.1 Å². The fourth-order valence-electron chi connectivity index (χ4n) is 1.54. The maximum Gasteiger partial charge on any atom is 0.244 e. The molecule has 2 heteroatoms. The van der Waals surface area contributed by atoms with Crippen LogP contribution in [0.5, 0.6) is 0 Å². The summed E-state index contributed by atoms with van der Waals surface area (Å²) in [5.74, 6) is 0. The van der Waals surface area contributed by atoms with Gasteiger partial charge in [-0.05, 0) is 11.2 Å². The third kappa shape index (κ3) is 2.56. The zero-order valence-electron chi connectivity index (χ0n) is 8.74. The highest BCUT2D eigenvalue weighted by Gasteiger charge is 2.28. The van der Waals surface area contributed by atoms with E-state index >= 15 is 0 Å². The van der Waals surface area contributed by atoms with E-state index in [9.17, 15) is 4.80 Å². The summed E-state index contributed by atoms with van der Waals surface area (Å²) in [7, 11) is -2.36. The van der Waals surface area contributed by atoms with E-state index in [1.54, 1.807) is 5.70 Å². The summed E-state index contributed by atoms with van der Waals surface area (Å²) >= 11 is 0. The average molecular weight is 206 g/mol. The quantitative estimate of drug-likeness (QED) is 0.733. The standard InChI is InChI=1S/C12H18OSi/c1-3-5-11-14(13,4-2)12-9-7-6-8-10-12/h4,6-10,13H,2-3,5,11H2,1H3. The highest BCUT2D eigenvalue weighted by Crippen LogP contribution is 2.12. The smallest absolute Gasteiger partial charge is 0.244 e. The van der Waals surface area contributed by atoms with Crippen molar-refractivity contribution in [2.75, 3.05) is 0 Å². The minimum atomic E-state index is -2.36. The van der Waals surface area contributed by atoms with Crippen molar-refractivity contribution in [1.29, 1.82) is 0 Å². The van der Waals surface area contributed by atoms with Crippen molar-refractivity contribution in [2.24, 2.45) is 0 Å². The zero-order valence-corrected chi connectivity index (χ0v) is 9.74. The zero-order chi connectivity index (χ0) is 10.4. The van der Waals surface area contributed by atoms with Gasteiger partial charge < -0.3 is 4.80 Å². The predicted octanol–water partition coefficient (Wildman–Crippen LogP) is 2.36. The molecule has 0 amide bonds. The molecule has 1 nitrogen and oxygen atoms in total. The Kier molecular flexibility index (Phi) is 4.11. The molecule has 1 N–H and O–H groups in total. The molecule has 0 aliphatic heterocycles. The van der Waals surface area contributed by atoms with Crippen molar-refractivity contribution in [3.05, 3.63) is 42.6 Å². The molecule has 0 fully saturated rings. The van der Waals surface area contributed by atoms with Crippen LogP contribution in [0.2, 0.25) is 6.04 Å². The lowest BCUT2D eigenvalue weighted by atomic mass is 10.4. The van der Waals surface area contributed by atoms with Crippen LogP contribution in [0.25, 0.3) is 0 Å². The van der Waals surface area contributed by atoms with Crippen molar-refractivity contribution in [3.8, 4) is 0 Å². The minimum Gasteiger partial charge on any atom is -0.424 e. The van der Waals surface area contributed by atoms with Gasteiger partial charge in [0, 0.05) is 0 Å². The second-order valence-electron chi connectivity index (χ2n) is 3.60.